The van der Waals surface area contributed by atoms with Crippen LogP contribution in [0.4, 0.5) is 0 Å². The van der Waals surface area contributed by atoms with Crippen molar-refractivity contribution in [3.05, 3.63) is 0 Å². The van der Waals surface area contributed by atoms with Crippen molar-refractivity contribution in [2.75, 3.05) is 13.2 Å². The van der Waals surface area contributed by atoms with Gasteiger partial charge in [-0.25, -0.2) is 0 Å². The Morgan fingerprint density at radius 1 is 1.36 bits per heavy atom. The molecule has 0 aromatic carbocycles. The lowest BCUT2D eigenvalue weighted by atomic mass is 9.75. The van der Waals surface area contributed by atoms with Gasteiger partial charge in [-0.3, -0.25) is 4.79 Å². The first kappa shape index (κ1) is 11.5. The highest BCUT2D eigenvalue weighted by Crippen LogP contribution is 2.33. The summed E-state index contributed by atoms with van der Waals surface area (Å²) in [4.78, 5) is 11.0. The molecule has 14 heavy (non-hydrogen) atoms. The molecule has 0 aliphatic carbocycles. The van der Waals surface area contributed by atoms with Crippen molar-refractivity contribution in [1.29, 1.82) is 0 Å². The van der Waals surface area contributed by atoms with Gasteiger partial charge in [0.25, 0.3) is 0 Å². The molecule has 82 valence electrons. The van der Waals surface area contributed by atoms with Crippen LogP contribution in [0.5, 0.6) is 0 Å². The summed E-state index contributed by atoms with van der Waals surface area (Å²) in [5, 5.41) is 19.3. The topological polar surface area (TPSA) is 66.8 Å². The maximum Gasteiger partial charge on any atom is 0.309 e. The fourth-order valence-electron chi connectivity index (χ4n) is 2.17. The van der Waals surface area contributed by atoms with E-state index in [9.17, 15) is 9.90 Å². The molecule has 4 nitrogen and oxygen atoms in total. The molecule has 0 radical (unpaired) electrons. The van der Waals surface area contributed by atoms with Crippen LogP contribution in [0.1, 0.15) is 26.7 Å². The molecule has 0 amide bonds. The van der Waals surface area contributed by atoms with Crippen LogP contribution in [0.2, 0.25) is 0 Å². The number of hydrogen-bond acceptors (Lipinski definition) is 3. The van der Waals surface area contributed by atoms with Crippen molar-refractivity contribution >= 4 is 5.97 Å². The van der Waals surface area contributed by atoms with E-state index in [2.05, 4.69) is 0 Å². The Morgan fingerprint density at radius 2 is 1.86 bits per heavy atom. The summed E-state index contributed by atoms with van der Waals surface area (Å²) in [5.41, 5.74) is -1.09. The Bertz CT molecular complexity index is 206. The summed E-state index contributed by atoms with van der Waals surface area (Å²) in [6.07, 6.45) is 0.838. The highest BCUT2D eigenvalue weighted by atomic mass is 16.5. The Morgan fingerprint density at radius 3 is 2.21 bits per heavy atom. The van der Waals surface area contributed by atoms with E-state index in [1.165, 1.54) is 0 Å². The molecule has 1 fully saturated rings. The smallest absolute Gasteiger partial charge is 0.309 e. The lowest BCUT2D eigenvalue weighted by molar-refractivity contribution is -0.165. The van der Waals surface area contributed by atoms with Crippen LogP contribution < -0.4 is 0 Å². The highest BCUT2D eigenvalue weighted by Gasteiger charge is 2.44. The monoisotopic (exact) mass is 202 g/mol. The van der Waals surface area contributed by atoms with Crippen LogP contribution >= 0.6 is 0 Å². The predicted octanol–water partition coefficient (Wildman–Crippen LogP) is 0.885. The quantitative estimate of drug-likeness (QED) is 0.713. The minimum Gasteiger partial charge on any atom is -0.481 e. The SMILES string of the molecule is CC(C)C(C(=O)O)C1(O)CCOCC1. The Kier molecular flexibility index (Phi) is 3.50. The van der Waals surface area contributed by atoms with Crippen molar-refractivity contribution < 1.29 is 19.7 Å². The molecule has 1 rings (SSSR count). The van der Waals surface area contributed by atoms with E-state index < -0.39 is 17.5 Å². The third-order valence-electron chi connectivity index (χ3n) is 2.87. The summed E-state index contributed by atoms with van der Waals surface area (Å²) in [6, 6.07) is 0. The van der Waals surface area contributed by atoms with Gasteiger partial charge in [0, 0.05) is 26.1 Å². The number of aliphatic hydroxyl groups is 1. The van der Waals surface area contributed by atoms with Gasteiger partial charge in [-0.15, -0.1) is 0 Å². The van der Waals surface area contributed by atoms with Crippen molar-refractivity contribution in [3.8, 4) is 0 Å². The second kappa shape index (κ2) is 4.28. The standard InChI is InChI=1S/C10H18O4/c1-7(2)8(9(11)12)10(13)3-5-14-6-4-10/h7-8,13H,3-6H2,1-2H3,(H,11,12). The minimum atomic E-state index is -1.09. The summed E-state index contributed by atoms with van der Waals surface area (Å²) >= 11 is 0. The largest absolute Gasteiger partial charge is 0.481 e. The zero-order valence-electron chi connectivity index (χ0n) is 8.69. The second-order valence-corrected chi connectivity index (χ2v) is 4.28. The number of rotatable bonds is 3. The van der Waals surface area contributed by atoms with Gasteiger partial charge in [0.1, 0.15) is 0 Å². The van der Waals surface area contributed by atoms with Gasteiger partial charge >= 0.3 is 5.97 Å². The van der Waals surface area contributed by atoms with E-state index in [1.807, 2.05) is 13.8 Å². The van der Waals surface area contributed by atoms with E-state index in [-0.39, 0.29) is 5.92 Å². The molecule has 0 spiro atoms. The number of ether oxygens (including phenoxy) is 1. The van der Waals surface area contributed by atoms with Crippen molar-refractivity contribution in [1.82, 2.24) is 0 Å². The first-order valence-electron chi connectivity index (χ1n) is 5.00. The van der Waals surface area contributed by atoms with E-state index in [0.717, 1.165) is 0 Å². The third-order valence-corrected chi connectivity index (χ3v) is 2.87. The maximum absolute atomic E-state index is 11.0. The first-order chi connectivity index (χ1) is 6.47. The molecule has 1 aliphatic heterocycles. The third kappa shape index (κ3) is 2.25. The lowest BCUT2D eigenvalue weighted by Gasteiger charge is -2.38. The zero-order chi connectivity index (χ0) is 10.8. The Labute approximate surface area is 83.9 Å². The summed E-state index contributed by atoms with van der Waals surface area (Å²) in [6.45, 7) is 4.55. The van der Waals surface area contributed by atoms with Crippen molar-refractivity contribution in [3.63, 3.8) is 0 Å². The number of aliphatic carboxylic acids is 1. The van der Waals surface area contributed by atoms with E-state index in [0.29, 0.717) is 26.1 Å². The normalized spacial score (nSPS) is 23.4. The predicted molar refractivity (Wildman–Crippen MR) is 51.0 cm³/mol. The number of carboxylic acid groups (broad SMARTS) is 1. The summed E-state index contributed by atoms with van der Waals surface area (Å²) in [7, 11) is 0. The summed E-state index contributed by atoms with van der Waals surface area (Å²) in [5.74, 6) is -1.66. The Balaban J connectivity index is 2.79. The van der Waals surface area contributed by atoms with Crippen LogP contribution in [0.3, 0.4) is 0 Å². The molecule has 4 heteroatoms. The van der Waals surface area contributed by atoms with E-state index in [1.54, 1.807) is 0 Å². The van der Waals surface area contributed by atoms with Crippen molar-refractivity contribution in [2.45, 2.75) is 32.3 Å². The molecule has 2 N–H and O–H groups in total. The average molecular weight is 202 g/mol. The van der Waals surface area contributed by atoms with Gasteiger partial charge in [-0.1, -0.05) is 13.8 Å². The van der Waals surface area contributed by atoms with E-state index in [4.69, 9.17) is 9.84 Å². The van der Waals surface area contributed by atoms with Crippen LogP contribution in [0.15, 0.2) is 0 Å². The molecular formula is C10H18O4. The lowest BCUT2D eigenvalue weighted by Crippen LogP contribution is -2.48. The van der Waals surface area contributed by atoms with Gasteiger partial charge in [-0.2, -0.15) is 0 Å². The number of carboxylic acids is 1. The molecule has 0 bridgehead atoms. The van der Waals surface area contributed by atoms with Crippen LogP contribution in [-0.2, 0) is 9.53 Å². The van der Waals surface area contributed by atoms with Gasteiger partial charge in [-0.05, 0) is 5.92 Å². The molecule has 1 aliphatic rings. The molecule has 1 atom stereocenters. The Hall–Kier alpha value is -0.610. The fourth-order valence-corrected chi connectivity index (χ4v) is 2.17. The van der Waals surface area contributed by atoms with Crippen molar-refractivity contribution in [2.24, 2.45) is 11.8 Å². The van der Waals surface area contributed by atoms with Crippen LogP contribution in [0, 0.1) is 11.8 Å². The molecule has 1 unspecified atom stereocenters. The van der Waals surface area contributed by atoms with Gasteiger partial charge in [0.2, 0.25) is 0 Å². The fraction of sp³-hybridized carbons (Fsp3) is 0.900. The maximum atomic E-state index is 11.0. The molecule has 0 aromatic heterocycles. The molecular weight excluding hydrogens is 184 g/mol. The molecule has 1 saturated heterocycles. The first-order valence-corrected chi connectivity index (χ1v) is 5.00. The molecule has 0 aromatic rings. The number of hydrogen-bond donors (Lipinski definition) is 2. The molecule has 1 heterocycles. The van der Waals surface area contributed by atoms with Crippen LogP contribution in [-0.4, -0.2) is 35.0 Å². The zero-order valence-corrected chi connectivity index (χ0v) is 8.69. The summed E-state index contributed by atoms with van der Waals surface area (Å²) < 4.78 is 5.12. The molecule has 0 saturated carbocycles. The average Bonchev–Trinajstić information content (AvgIpc) is 2.02. The van der Waals surface area contributed by atoms with Gasteiger partial charge in [0.15, 0.2) is 0 Å². The number of carbonyl (C=O) groups is 1. The highest BCUT2D eigenvalue weighted by molar-refractivity contribution is 5.71. The van der Waals surface area contributed by atoms with E-state index >= 15 is 0 Å². The van der Waals surface area contributed by atoms with Gasteiger partial charge in [0.05, 0.1) is 11.5 Å². The minimum absolute atomic E-state index is 0.0596. The second-order valence-electron chi connectivity index (χ2n) is 4.28. The van der Waals surface area contributed by atoms with Gasteiger partial charge < -0.3 is 14.9 Å². The van der Waals surface area contributed by atoms with Crippen LogP contribution in [0.25, 0.3) is 0 Å².